The van der Waals surface area contributed by atoms with Crippen LogP contribution in [0, 0.1) is 0 Å². The molecule has 0 unspecified atom stereocenters. The highest BCUT2D eigenvalue weighted by Crippen LogP contribution is 2.36. The Labute approximate surface area is 194 Å². The lowest BCUT2D eigenvalue weighted by atomic mass is 10.0. The molecule has 1 aromatic heterocycles. The van der Waals surface area contributed by atoms with Crippen molar-refractivity contribution in [3.63, 3.8) is 0 Å². The summed E-state index contributed by atoms with van der Waals surface area (Å²) >= 11 is 0. The standard InChI is InChI=1S/C30H27NO2/c1-2-8-23(9-3-1)24-17-15-22(16-18-24)21-32-25-10-7-19-31(20-25)28-13-6-12-27-26-11-4-5-14-29(26)33-30(27)28/h1-6,8-9,11-18,25H,7,10,19-21H2/t25-/m1/s1. The minimum atomic E-state index is 0.215. The van der Waals surface area contributed by atoms with Gasteiger partial charge in [-0.25, -0.2) is 0 Å². The van der Waals surface area contributed by atoms with Crippen LogP contribution in [0.1, 0.15) is 18.4 Å². The number of hydrogen-bond donors (Lipinski definition) is 0. The van der Waals surface area contributed by atoms with Gasteiger partial charge in [0.2, 0.25) is 0 Å². The molecule has 3 nitrogen and oxygen atoms in total. The molecule has 5 aromatic rings. The molecule has 1 aliphatic heterocycles. The summed E-state index contributed by atoms with van der Waals surface area (Å²) in [6, 6.07) is 34.0. The maximum Gasteiger partial charge on any atom is 0.158 e. The molecule has 33 heavy (non-hydrogen) atoms. The molecule has 0 aliphatic carbocycles. The largest absolute Gasteiger partial charge is 0.454 e. The van der Waals surface area contributed by atoms with Crippen LogP contribution < -0.4 is 4.90 Å². The number of rotatable bonds is 5. The van der Waals surface area contributed by atoms with Crippen molar-refractivity contribution in [3.8, 4) is 11.1 Å². The first kappa shape index (κ1) is 20.1. The maximum absolute atomic E-state index is 6.37. The number of nitrogens with zero attached hydrogens (tertiary/aromatic N) is 1. The fourth-order valence-corrected chi connectivity index (χ4v) is 4.91. The van der Waals surface area contributed by atoms with E-state index in [1.165, 1.54) is 33.2 Å². The molecule has 2 heterocycles. The van der Waals surface area contributed by atoms with Crippen LogP contribution in [0.25, 0.3) is 33.1 Å². The summed E-state index contributed by atoms with van der Waals surface area (Å²) in [6.45, 7) is 2.56. The molecule has 0 radical (unpaired) electrons. The lowest BCUT2D eigenvalue weighted by Gasteiger charge is -2.34. The third-order valence-electron chi connectivity index (χ3n) is 6.65. The summed E-state index contributed by atoms with van der Waals surface area (Å²) in [4.78, 5) is 2.43. The number of para-hydroxylation sites is 2. The van der Waals surface area contributed by atoms with Crippen LogP contribution in [0.3, 0.4) is 0 Å². The van der Waals surface area contributed by atoms with Crippen LogP contribution in [-0.4, -0.2) is 19.2 Å². The summed E-state index contributed by atoms with van der Waals surface area (Å²) in [5.74, 6) is 0. The summed E-state index contributed by atoms with van der Waals surface area (Å²) < 4.78 is 12.6. The van der Waals surface area contributed by atoms with Crippen molar-refractivity contribution in [2.75, 3.05) is 18.0 Å². The van der Waals surface area contributed by atoms with E-state index in [9.17, 15) is 0 Å². The van der Waals surface area contributed by atoms with Gasteiger partial charge >= 0.3 is 0 Å². The quantitative estimate of drug-likeness (QED) is 0.288. The first-order valence-electron chi connectivity index (χ1n) is 11.8. The fraction of sp³-hybridized carbons (Fsp3) is 0.200. The van der Waals surface area contributed by atoms with Crippen LogP contribution in [0.5, 0.6) is 0 Å². The molecule has 1 fully saturated rings. The number of hydrogen-bond acceptors (Lipinski definition) is 3. The van der Waals surface area contributed by atoms with Crippen molar-refractivity contribution in [3.05, 3.63) is 103 Å². The van der Waals surface area contributed by atoms with Crippen molar-refractivity contribution < 1.29 is 9.15 Å². The van der Waals surface area contributed by atoms with Gasteiger partial charge in [0.25, 0.3) is 0 Å². The van der Waals surface area contributed by atoms with Crippen molar-refractivity contribution in [1.29, 1.82) is 0 Å². The van der Waals surface area contributed by atoms with Crippen molar-refractivity contribution >= 4 is 27.6 Å². The van der Waals surface area contributed by atoms with Crippen LogP contribution in [0.2, 0.25) is 0 Å². The Morgan fingerprint density at radius 3 is 2.39 bits per heavy atom. The fourth-order valence-electron chi connectivity index (χ4n) is 4.91. The molecular weight excluding hydrogens is 406 g/mol. The average molecular weight is 434 g/mol. The van der Waals surface area contributed by atoms with E-state index < -0.39 is 0 Å². The summed E-state index contributed by atoms with van der Waals surface area (Å²) in [7, 11) is 0. The molecule has 6 rings (SSSR count). The summed E-state index contributed by atoms with van der Waals surface area (Å²) in [6.07, 6.45) is 2.43. The predicted octanol–water partition coefficient (Wildman–Crippen LogP) is 7.44. The molecule has 164 valence electrons. The van der Waals surface area contributed by atoms with Crippen LogP contribution in [-0.2, 0) is 11.3 Å². The molecule has 3 heteroatoms. The van der Waals surface area contributed by atoms with E-state index >= 15 is 0 Å². The topological polar surface area (TPSA) is 25.6 Å². The third-order valence-corrected chi connectivity index (χ3v) is 6.65. The third kappa shape index (κ3) is 4.01. The molecule has 0 amide bonds. The Hall–Kier alpha value is -3.56. The van der Waals surface area contributed by atoms with Gasteiger partial charge in [0, 0.05) is 23.9 Å². The Morgan fingerprint density at radius 2 is 1.52 bits per heavy atom. The van der Waals surface area contributed by atoms with Crippen molar-refractivity contribution in [2.24, 2.45) is 0 Å². The highest BCUT2D eigenvalue weighted by atomic mass is 16.5. The molecule has 4 aromatic carbocycles. The molecule has 0 saturated carbocycles. The number of furan rings is 1. The van der Waals surface area contributed by atoms with Gasteiger partial charge in [-0.05, 0) is 41.7 Å². The van der Waals surface area contributed by atoms with Gasteiger partial charge < -0.3 is 14.1 Å². The highest BCUT2D eigenvalue weighted by Gasteiger charge is 2.23. The predicted molar refractivity (Wildman–Crippen MR) is 136 cm³/mol. The molecule has 0 bridgehead atoms. The van der Waals surface area contributed by atoms with E-state index in [1.807, 2.05) is 18.2 Å². The van der Waals surface area contributed by atoms with Gasteiger partial charge in [0.15, 0.2) is 5.58 Å². The van der Waals surface area contributed by atoms with Gasteiger partial charge in [0.1, 0.15) is 5.58 Å². The van der Waals surface area contributed by atoms with Gasteiger partial charge in [-0.15, -0.1) is 0 Å². The first-order valence-corrected chi connectivity index (χ1v) is 11.8. The van der Waals surface area contributed by atoms with E-state index in [4.69, 9.17) is 9.15 Å². The maximum atomic E-state index is 6.37. The second kappa shape index (κ2) is 8.76. The zero-order valence-electron chi connectivity index (χ0n) is 18.6. The number of fused-ring (bicyclic) bond motifs is 3. The van der Waals surface area contributed by atoms with E-state index in [2.05, 4.69) is 83.8 Å². The zero-order chi connectivity index (χ0) is 22.0. The summed E-state index contributed by atoms with van der Waals surface area (Å²) in [5, 5.41) is 2.36. The molecule has 1 atom stereocenters. The normalized spacial score (nSPS) is 16.5. The van der Waals surface area contributed by atoms with E-state index in [-0.39, 0.29) is 6.10 Å². The zero-order valence-corrected chi connectivity index (χ0v) is 18.6. The number of ether oxygens (including phenoxy) is 1. The Bertz CT molecular complexity index is 1370. The van der Waals surface area contributed by atoms with Crippen molar-refractivity contribution in [2.45, 2.75) is 25.6 Å². The first-order chi connectivity index (χ1) is 16.3. The number of piperidine rings is 1. The Balaban J connectivity index is 1.16. The summed E-state index contributed by atoms with van der Waals surface area (Å²) in [5.41, 5.74) is 6.80. The van der Waals surface area contributed by atoms with Crippen LogP contribution in [0.4, 0.5) is 5.69 Å². The van der Waals surface area contributed by atoms with E-state index in [1.54, 1.807) is 0 Å². The monoisotopic (exact) mass is 433 g/mol. The van der Waals surface area contributed by atoms with E-state index in [0.717, 1.165) is 37.1 Å². The Morgan fingerprint density at radius 1 is 0.758 bits per heavy atom. The van der Waals surface area contributed by atoms with Gasteiger partial charge in [-0.1, -0.05) is 84.9 Å². The molecule has 1 saturated heterocycles. The second-order valence-corrected chi connectivity index (χ2v) is 8.84. The minimum absolute atomic E-state index is 0.215. The molecule has 0 N–H and O–H groups in total. The van der Waals surface area contributed by atoms with Crippen LogP contribution >= 0.6 is 0 Å². The van der Waals surface area contributed by atoms with Crippen molar-refractivity contribution in [1.82, 2.24) is 0 Å². The molecular formula is C30H27NO2. The Kier molecular flexibility index (Phi) is 5.33. The average Bonchev–Trinajstić information content (AvgIpc) is 3.27. The van der Waals surface area contributed by atoms with Crippen LogP contribution in [0.15, 0.2) is 101 Å². The van der Waals surface area contributed by atoms with Gasteiger partial charge in [-0.3, -0.25) is 0 Å². The number of anilines is 1. The smallest absolute Gasteiger partial charge is 0.158 e. The number of benzene rings is 4. The highest BCUT2D eigenvalue weighted by molar-refractivity contribution is 6.08. The second-order valence-electron chi connectivity index (χ2n) is 8.84. The minimum Gasteiger partial charge on any atom is -0.454 e. The van der Waals surface area contributed by atoms with Gasteiger partial charge in [0.05, 0.1) is 18.4 Å². The lowest BCUT2D eigenvalue weighted by molar-refractivity contribution is 0.0316. The van der Waals surface area contributed by atoms with Gasteiger partial charge in [-0.2, -0.15) is 0 Å². The van der Waals surface area contributed by atoms with E-state index in [0.29, 0.717) is 6.61 Å². The molecule has 1 aliphatic rings. The molecule has 0 spiro atoms. The lowest BCUT2D eigenvalue weighted by Crippen LogP contribution is -2.39. The SMILES string of the molecule is c1ccc(-c2ccc(CO[C@@H]3CCCN(c4cccc5c4oc4ccccc45)C3)cc2)cc1.